The smallest absolute Gasteiger partial charge is 0.127 e. The molecular weight excluding hydrogens is 234 g/mol. The third kappa shape index (κ3) is 2.37. The Morgan fingerprint density at radius 3 is 2.06 bits per heavy atom. The molecule has 1 aliphatic carbocycles. The van der Waals surface area contributed by atoms with Gasteiger partial charge in [-0.25, -0.2) is 0 Å². The lowest BCUT2D eigenvalue weighted by molar-refractivity contribution is 0.0826. The summed E-state index contributed by atoms with van der Waals surface area (Å²) in [5, 5.41) is 38.9. The van der Waals surface area contributed by atoms with Crippen LogP contribution in [-0.4, -0.2) is 26.5 Å². The van der Waals surface area contributed by atoms with Crippen molar-refractivity contribution in [3.8, 4) is 17.2 Å². The van der Waals surface area contributed by atoms with Crippen LogP contribution in [0.1, 0.15) is 37.3 Å². The molecule has 0 saturated heterocycles. The fourth-order valence-corrected chi connectivity index (χ4v) is 2.71. The summed E-state index contributed by atoms with van der Waals surface area (Å²) in [5.41, 5.74) is 6.01. The highest BCUT2D eigenvalue weighted by Crippen LogP contribution is 2.40. The maximum atomic E-state index is 10.2. The molecule has 0 unspecified atom stereocenters. The van der Waals surface area contributed by atoms with E-state index in [-0.39, 0.29) is 28.7 Å². The first-order chi connectivity index (χ1) is 8.50. The predicted molar refractivity (Wildman–Crippen MR) is 66.3 cm³/mol. The Labute approximate surface area is 105 Å². The quantitative estimate of drug-likeness (QED) is 0.559. The van der Waals surface area contributed by atoms with E-state index in [1.54, 1.807) is 0 Å². The van der Waals surface area contributed by atoms with E-state index in [0.29, 0.717) is 0 Å². The first-order valence-corrected chi connectivity index (χ1v) is 6.19. The van der Waals surface area contributed by atoms with Crippen LogP contribution >= 0.6 is 0 Å². The van der Waals surface area contributed by atoms with Crippen LogP contribution in [0.3, 0.4) is 0 Å². The van der Waals surface area contributed by atoms with E-state index in [2.05, 4.69) is 0 Å². The second kappa shape index (κ2) is 5.04. The van der Waals surface area contributed by atoms with Crippen LogP contribution in [0, 0.1) is 5.92 Å². The Morgan fingerprint density at radius 1 is 1.06 bits per heavy atom. The van der Waals surface area contributed by atoms with E-state index < -0.39 is 12.1 Å². The van der Waals surface area contributed by atoms with E-state index in [4.69, 9.17) is 5.73 Å². The standard InChI is InChI=1S/C13H19NO4/c14-12(13(18)7-3-1-2-4-7)11-9(16)5-8(15)6-10(11)17/h5-7,12-13,15-18H,1-4,14H2/t12-,13+/m1/s1. The number of aliphatic hydroxyl groups excluding tert-OH is 1. The van der Waals surface area contributed by atoms with Crippen LogP contribution in [0.2, 0.25) is 0 Å². The lowest BCUT2D eigenvalue weighted by atomic mass is 9.90. The molecule has 5 heteroatoms. The molecule has 1 saturated carbocycles. The van der Waals surface area contributed by atoms with Gasteiger partial charge in [0.1, 0.15) is 17.2 Å². The van der Waals surface area contributed by atoms with Gasteiger partial charge in [0.15, 0.2) is 0 Å². The zero-order valence-corrected chi connectivity index (χ0v) is 10.1. The summed E-state index contributed by atoms with van der Waals surface area (Å²) in [7, 11) is 0. The summed E-state index contributed by atoms with van der Waals surface area (Å²) >= 11 is 0. The largest absolute Gasteiger partial charge is 0.508 e. The fraction of sp³-hybridized carbons (Fsp3) is 0.538. The number of phenolic OH excluding ortho intramolecular Hbond substituents is 3. The molecule has 0 bridgehead atoms. The van der Waals surface area contributed by atoms with Crippen LogP contribution in [0.5, 0.6) is 17.2 Å². The van der Waals surface area contributed by atoms with Crippen LogP contribution in [0.15, 0.2) is 12.1 Å². The van der Waals surface area contributed by atoms with Crippen molar-refractivity contribution < 1.29 is 20.4 Å². The van der Waals surface area contributed by atoms with Crippen molar-refractivity contribution in [3.05, 3.63) is 17.7 Å². The molecule has 2 atom stereocenters. The Kier molecular flexibility index (Phi) is 3.63. The number of aromatic hydroxyl groups is 3. The molecule has 0 heterocycles. The van der Waals surface area contributed by atoms with Crippen molar-refractivity contribution in [2.75, 3.05) is 0 Å². The summed E-state index contributed by atoms with van der Waals surface area (Å²) in [6, 6.07) is 1.36. The van der Waals surface area contributed by atoms with Gasteiger partial charge in [-0.1, -0.05) is 12.8 Å². The first-order valence-electron chi connectivity index (χ1n) is 6.19. The van der Waals surface area contributed by atoms with E-state index in [9.17, 15) is 20.4 Å². The number of nitrogens with two attached hydrogens (primary N) is 1. The minimum absolute atomic E-state index is 0.0900. The van der Waals surface area contributed by atoms with Crippen LogP contribution in [-0.2, 0) is 0 Å². The number of rotatable bonds is 3. The third-order valence-corrected chi connectivity index (χ3v) is 3.71. The molecule has 5 nitrogen and oxygen atoms in total. The molecule has 100 valence electrons. The molecule has 0 spiro atoms. The molecule has 18 heavy (non-hydrogen) atoms. The monoisotopic (exact) mass is 253 g/mol. The van der Waals surface area contributed by atoms with Gasteiger partial charge in [0.05, 0.1) is 17.7 Å². The van der Waals surface area contributed by atoms with Crippen molar-refractivity contribution in [3.63, 3.8) is 0 Å². The molecule has 1 aromatic carbocycles. The SMILES string of the molecule is N[C@H](c1c(O)cc(O)cc1O)[C@@H](O)C1CCCC1. The highest BCUT2D eigenvalue weighted by Gasteiger charge is 2.31. The topological polar surface area (TPSA) is 107 Å². The molecule has 1 aliphatic rings. The zero-order valence-electron chi connectivity index (χ0n) is 10.1. The first kappa shape index (κ1) is 13.0. The number of hydrogen-bond acceptors (Lipinski definition) is 5. The molecule has 0 radical (unpaired) electrons. The number of benzene rings is 1. The Bertz CT molecular complexity index is 406. The fourth-order valence-electron chi connectivity index (χ4n) is 2.71. The number of hydrogen-bond donors (Lipinski definition) is 5. The van der Waals surface area contributed by atoms with Crippen molar-refractivity contribution in [2.24, 2.45) is 11.7 Å². The molecule has 2 rings (SSSR count). The maximum Gasteiger partial charge on any atom is 0.127 e. The molecule has 0 aromatic heterocycles. The second-order valence-electron chi connectivity index (χ2n) is 4.96. The van der Waals surface area contributed by atoms with Crippen LogP contribution in [0.4, 0.5) is 0 Å². The summed E-state index contributed by atoms with van der Waals surface area (Å²) in [6.07, 6.45) is 3.17. The van der Waals surface area contributed by atoms with Gasteiger partial charge in [-0.15, -0.1) is 0 Å². The van der Waals surface area contributed by atoms with Crippen molar-refractivity contribution in [1.82, 2.24) is 0 Å². The van der Waals surface area contributed by atoms with E-state index in [1.807, 2.05) is 0 Å². The lowest BCUT2D eigenvalue weighted by Crippen LogP contribution is -2.32. The molecule has 0 aliphatic heterocycles. The van der Waals surface area contributed by atoms with Crippen LogP contribution in [0.25, 0.3) is 0 Å². The van der Waals surface area contributed by atoms with Gasteiger partial charge in [0.2, 0.25) is 0 Å². The Hall–Kier alpha value is -1.46. The highest BCUT2D eigenvalue weighted by molar-refractivity contribution is 5.50. The normalized spacial score (nSPS) is 19.9. The molecule has 0 amide bonds. The number of phenols is 3. The molecule has 1 aromatic rings. The summed E-state index contributed by atoms with van der Waals surface area (Å²) in [5.74, 6) is -0.724. The predicted octanol–water partition coefficient (Wildman–Crippen LogP) is 1.35. The zero-order chi connectivity index (χ0) is 13.3. The molecule has 1 fully saturated rings. The van der Waals surface area contributed by atoms with Crippen molar-refractivity contribution >= 4 is 0 Å². The number of aliphatic hydroxyl groups is 1. The van der Waals surface area contributed by atoms with E-state index in [0.717, 1.165) is 37.8 Å². The Morgan fingerprint density at radius 2 is 1.56 bits per heavy atom. The lowest BCUT2D eigenvalue weighted by Gasteiger charge is -2.25. The maximum absolute atomic E-state index is 10.2. The highest BCUT2D eigenvalue weighted by atomic mass is 16.3. The van der Waals surface area contributed by atoms with Gasteiger partial charge < -0.3 is 26.2 Å². The van der Waals surface area contributed by atoms with Crippen molar-refractivity contribution in [2.45, 2.75) is 37.8 Å². The van der Waals surface area contributed by atoms with Crippen LogP contribution < -0.4 is 5.73 Å². The van der Waals surface area contributed by atoms with Gasteiger partial charge >= 0.3 is 0 Å². The van der Waals surface area contributed by atoms with Gasteiger partial charge in [-0.2, -0.15) is 0 Å². The summed E-state index contributed by atoms with van der Waals surface area (Å²) in [6.45, 7) is 0. The minimum Gasteiger partial charge on any atom is -0.508 e. The van der Waals surface area contributed by atoms with Gasteiger partial charge in [0.25, 0.3) is 0 Å². The third-order valence-electron chi connectivity index (χ3n) is 3.71. The van der Waals surface area contributed by atoms with Crippen molar-refractivity contribution in [1.29, 1.82) is 0 Å². The summed E-state index contributed by atoms with van der Waals surface area (Å²) in [4.78, 5) is 0. The van der Waals surface area contributed by atoms with Gasteiger partial charge in [-0.05, 0) is 18.8 Å². The molecule has 6 N–H and O–H groups in total. The average molecular weight is 253 g/mol. The summed E-state index contributed by atoms with van der Waals surface area (Å²) < 4.78 is 0. The van der Waals surface area contributed by atoms with E-state index >= 15 is 0 Å². The van der Waals surface area contributed by atoms with E-state index in [1.165, 1.54) is 0 Å². The van der Waals surface area contributed by atoms with Gasteiger partial charge in [-0.3, -0.25) is 0 Å². The molecular formula is C13H19NO4. The van der Waals surface area contributed by atoms with Gasteiger partial charge in [0, 0.05) is 12.1 Å². The average Bonchev–Trinajstić information content (AvgIpc) is 2.79. The minimum atomic E-state index is -0.853. The Balaban J connectivity index is 2.24. The second-order valence-corrected chi connectivity index (χ2v) is 4.96.